The normalized spacial score (nSPS) is 19.3. The van der Waals surface area contributed by atoms with Crippen LogP contribution in [-0.4, -0.2) is 68.6 Å². The fraction of sp³-hybridized carbons (Fsp3) is 0.933. The number of carbonyl (C=O) groups is 1. The molecule has 22 heavy (non-hydrogen) atoms. The first kappa shape index (κ1) is 19.4. The molecule has 6 nitrogen and oxygen atoms in total. The number of amides is 1. The van der Waals surface area contributed by atoms with Crippen molar-refractivity contribution < 1.29 is 13.2 Å². The highest BCUT2D eigenvalue weighted by Gasteiger charge is 2.24. The third-order valence-electron chi connectivity index (χ3n) is 3.99. The van der Waals surface area contributed by atoms with E-state index in [0.29, 0.717) is 38.6 Å². The van der Waals surface area contributed by atoms with E-state index in [1.165, 1.54) is 17.0 Å². The van der Waals surface area contributed by atoms with Gasteiger partial charge >= 0.3 is 0 Å². The molecule has 130 valence electrons. The summed E-state index contributed by atoms with van der Waals surface area (Å²) in [7, 11) is -3.11. The Morgan fingerprint density at radius 1 is 1.09 bits per heavy atom. The fourth-order valence-electron chi connectivity index (χ4n) is 2.65. The molecule has 0 spiro atoms. The second-order valence-electron chi connectivity index (χ2n) is 6.73. The van der Waals surface area contributed by atoms with Crippen molar-refractivity contribution in [3.05, 3.63) is 0 Å². The van der Waals surface area contributed by atoms with Crippen molar-refractivity contribution >= 4 is 15.9 Å². The van der Waals surface area contributed by atoms with Gasteiger partial charge in [0.15, 0.2) is 0 Å². The Kier molecular flexibility index (Phi) is 7.79. The van der Waals surface area contributed by atoms with Crippen LogP contribution in [-0.2, 0) is 14.8 Å². The number of sulfonamides is 1. The summed E-state index contributed by atoms with van der Waals surface area (Å²) in [5.74, 6) is 0.735. The molecule has 1 fully saturated rings. The van der Waals surface area contributed by atoms with Crippen LogP contribution in [0.25, 0.3) is 0 Å². The summed E-state index contributed by atoms with van der Waals surface area (Å²) in [5, 5.41) is 3.03. The first-order valence-corrected chi connectivity index (χ1v) is 10.00. The van der Waals surface area contributed by atoms with E-state index in [2.05, 4.69) is 19.2 Å². The van der Waals surface area contributed by atoms with E-state index in [1.54, 1.807) is 0 Å². The van der Waals surface area contributed by atoms with Crippen LogP contribution in [0.5, 0.6) is 0 Å². The summed E-state index contributed by atoms with van der Waals surface area (Å²) in [6, 6.07) is 0.198. The van der Waals surface area contributed by atoms with Crippen LogP contribution in [0.15, 0.2) is 0 Å². The maximum absolute atomic E-state index is 12.0. The number of carbonyl (C=O) groups excluding carboxylic acids is 1. The van der Waals surface area contributed by atoms with Gasteiger partial charge < -0.3 is 5.32 Å². The molecule has 1 heterocycles. The predicted octanol–water partition coefficient (Wildman–Crippen LogP) is 0.895. The molecule has 1 unspecified atom stereocenters. The van der Waals surface area contributed by atoms with Gasteiger partial charge in [-0.2, -0.15) is 4.31 Å². The number of nitrogens with one attached hydrogen (secondary N) is 1. The van der Waals surface area contributed by atoms with Crippen molar-refractivity contribution in [3.63, 3.8) is 0 Å². The number of piperazine rings is 1. The van der Waals surface area contributed by atoms with Gasteiger partial charge in [0.05, 0.1) is 12.8 Å². The molecule has 1 amide bonds. The third kappa shape index (κ3) is 7.56. The van der Waals surface area contributed by atoms with Gasteiger partial charge in [-0.15, -0.1) is 0 Å². The molecule has 0 saturated carbocycles. The van der Waals surface area contributed by atoms with E-state index in [4.69, 9.17) is 0 Å². The van der Waals surface area contributed by atoms with Crippen molar-refractivity contribution in [3.8, 4) is 0 Å². The van der Waals surface area contributed by atoms with E-state index in [0.717, 1.165) is 12.8 Å². The second-order valence-corrected chi connectivity index (χ2v) is 8.71. The molecule has 1 N–H and O–H groups in total. The standard InChI is InChI=1S/C15H31N3O3S/c1-13(2)6-5-7-14(3)16-15(19)12-17-8-10-18(11-9-17)22(4,20)21/h13-14H,5-12H2,1-4H3,(H,16,19). The lowest BCUT2D eigenvalue weighted by Crippen LogP contribution is -2.51. The van der Waals surface area contributed by atoms with Crippen LogP contribution in [0.2, 0.25) is 0 Å². The molecular weight excluding hydrogens is 302 g/mol. The van der Waals surface area contributed by atoms with Crippen molar-refractivity contribution in [2.75, 3.05) is 39.0 Å². The predicted molar refractivity (Wildman–Crippen MR) is 89.2 cm³/mol. The number of rotatable bonds is 8. The molecule has 0 aromatic carbocycles. The van der Waals surface area contributed by atoms with Gasteiger partial charge in [-0.3, -0.25) is 9.69 Å². The van der Waals surface area contributed by atoms with Gasteiger partial charge in [-0.05, 0) is 19.3 Å². The van der Waals surface area contributed by atoms with Gasteiger partial charge in [0, 0.05) is 32.2 Å². The molecule has 0 aromatic heterocycles. The monoisotopic (exact) mass is 333 g/mol. The molecule has 1 aliphatic heterocycles. The smallest absolute Gasteiger partial charge is 0.234 e. The third-order valence-corrected chi connectivity index (χ3v) is 5.30. The highest BCUT2D eigenvalue weighted by molar-refractivity contribution is 7.88. The molecular formula is C15H31N3O3S. The zero-order valence-corrected chi connectivity index (χ0v) is 15.2. The number of nitrogens with zero attached hydrogens (tertiary/aromatic N) is 2. The summed E-state index contributed by atoms with van der Waals surface area (Å²) in [6.45, 7) is 8.97. The molecule has 1 aliphatic rings. The summed E-state index contributed by atoms with van der Waals surface area (Å²) in [5.41, 5.74) is 0. The average Bonchev–Trinajstić information content (AvgIpc) is 2.37. The zero-order valence-electron chi connectivity index (χ0n) is 14.3. The van der Waals surface area contributed by atoms with Crippen LogP contribution < -0.4 is 5.32 Å². The Hall–Kier alpha value is -0.660. The summed E-state index contributed by atoms with van der Waals surface area (Å²) >= 11 is 0. The molecule has 1 atom stereocenters. The van der Waals surface area contributed by atoms with Crippen LogP contribution in [0, 0.1) is 5.92 Å². The summed E-state index contributed by atoms with van der Waals surface area (Å²) in [4.78, 5) is 14.0. The number of hydrogen-bond donors (Lipinski definition) is 1. The Bertz CT molecular complexity index is 443. The highest BCUT2D eigenvalue weighted by atomic mass is 32.2. The van der Waals surface area contributed by atoms with Crippen molar-refractivity contribution in [2.45, 2.75) is 46.1 Å². The Balaban J connectivity index is 2.23. The first-order chi connectivity index (χ1) is 10.2. The van der Waals surface area contributed by atoms with Crippen molar-refractivity contribution in [1.82, 2.24) is 14.5 Å². The van der Waals surface area contributed by atoms with Crippen LogP contribution in [0.1, 0.15) is 40.0 Å². The van der Waals surface area contributed by atoms with Crippen LogP contribution in [0.3, 0.4) is 0 Å². The van der Waals surface area contributed by atoms with Crippen LogP contribution in [0.4, 0.5) is 0 Å². The summed E-state index contributed by atoms with van der Waals surface area (Å²) in [6.07, 6.45) is 4.56. The van der Waals surface area contributed by atoms with E-state index in [1.807, 2.05) is 11.8 Å². The zero-order chi connectivity index (χ0) is 16.8. The van der Waals surface area contributed by atoms with Crippen molar-refractivity contribution in [1.29, 1.82) is 0 Å². The minimum atomic E-state index is -3.11. The lowest BCUT2D eigenvalue weighted by Gasteiger charge is -2.32. The summed E-state index contributed by atoms with van der Waals surface area (Å²) < 4.78 is 24.3. The largest absolute Gasteiger partial charge is 0.353 e. The SMILES string of the molecule is CC(C)CCCC(C)NC(=O)CN1CCN(S(C)(=O)=O)CC1. The molecule has 0 aliphatic carbocycles. The van der Waals surface area contributed by atoms with Gasteiger partial charge in [0.1, 0.15) is 0 Å². The fourth-order valence-corrected chi connectivity index (χ4v) is 3.47. The van der Waals surface area contributed by atoms with Crippen LogP contribution >= 0.6 is 0 Å². The quantitative estimate of drug-likeness (QED) is 0.716. The number of hydrogen-bond acceptors (Lipinski definition) is 4. The van der Waals surface area contributed by atoms with Gasteiger partial charge in [0.25, 0.3) is 0 Å². The lowest BCUT2D eigenvalue weighted by atomic mass is 10.0. The van der Waals surface area contributed by atoms with Gasteiger partial charge in [-0.1, -0.05) is 26.7 Å². The van der Waals surface area contributed by atoms with E-state index >= 15 is 0 Å². The molecule has 0 radical (unpaired) electrons. The maximum Gasteiger partial charge on any atom is 0.234 e. The molecule has 0 bridgehead atoms. The van der Waals surface area contributed by atoms with E-state index in [-0.39, 0.29) is 11.9 Å². The molecule has 7 heteroatoms. The Morgan fingerprint density at radius 2 is 1.68 bits per heavy atom. The van der Waals surface area contributed by atoms with E-state index in [9.17, 15) is 13.2 Å². The Morgan fingerprint density at radius 3 is 2.18 bits per heavy atom. The Labute approximate surface area is 135 Å². The maximum atomic E-state index is 12.0. The van der Waals surface area contributed by atoms with Crippen molar-refractivity contribution in [2.24, 2.45) is 5.92 Å². The van der Waals surface area contributed by atoms with E-state index < -0.39 is 10.0 Å². The topological polar surface area (TPSA) is 69.7 Å². The minimum Gasteiger partial charge on any atom is -0.353 e. The second kappa shape index (κ2) is 8.84. The average molecular weight is 333 g/mol. The lowest BCUT2D eigenvalue weighted by molar-refractivity contribution is -0.123. The molecule has 1 saturated heterocycles. The minimum absolute atomic E-state index is 0.0323. The highest BCUT2D eigenvalue weighted by Crippen LogP contribution is 2.09. The van der Waals surface area contributed by atoms with Gasteiger partial charge in [-0.25, -0.2) is 8.42 Å². The molecule has 1 rings (SSSR count). The first-order valence-electron chi connectivity index (χ1n) is 8.15. The molecule has 0 aromatic rings. The van der Waals surface area contributed by atoms with Gasteiger partial charge in [0.2, 0.25) is 15.9 Å².